The van der Waals surface area contributed by atoms with Crippen molar-refractivity contribution in [1.29, 1.82) is 0 Å². The number of anilines is 2. The lowest BCUT2D eigenvalue weighted by Gasteiger charge is -2.08. The van der Waals surface area contributed by atoms with E-state index in [1.54, 1.807) is 19.1 Å². The molecule has 1 amide bonds. The third-order valence-corrected chi connectivity index (χ3v) is 3.75. The van der Waals surface area contributed by atoms with Gasteiger partial charge in [0.2, 0.25) is 0 Å². The summed E-state index contributed by atoms with van der Waals surface area (Å²) >= 11 is 3.33. The zero-order valence-electron chi connectivity index (χ0n) is 11.0. The van der Waals surface area contributed by atoms with Gasteiger partial charge in [0.15, 0.2) is 0 Å². The summed E-state index contributed by atoms with van der Waals surface area (Å²) in [7, 11) is 0. The fourth-order valence-electron chi connectivity index (χ4n) is 1.63. The number of pyridine rings is 1. The number of carbonyl (C=O) groups excluding carboxylic acids is 1. The molecule has 0 radical (unpaired) electrons. The predicted molar refractivity (Wildman–Crippen MR) is 80.2 cm³/mol. The van der Waals surface area contributed by atoms with E-state index < -0.39 is 11.7 Å². The van der Waals surface area contributed by atoms with Gasteiger partial charge in [0.1, 0.15) is 11.6 Å². The number of nitrogens with two attached hydrogens (primary N) is 1. The lowest BCUT2D eigenvalue weighted by Crippen LogP contribution is -2.14. The Hall–Kier alpha value is -1.95. The van der Waals surface area contributed by atoms with Crippen molar-refractivity contribution in [3.63, 3.8) is 0 Å². The first-order chi connectivity index (χ1) is 9.38. The van der Waals surface area contributed by atoms with Crippen LogP contribution in [-0.4, -0.2) is 10.9 Å². The number of benzene rings is 1. The molecule has 0 saturated heterocycles. The van der Waals surface area contributed by atoms with E-state index in [-0.39, 0.29) is 11.3 Å². The van der Waals surface area contributed by atoms with Crippen molar-refractivity contribution in [2.45, 2.75) is 13.8 Å². The summed E-state index contributed by atoms with van der Waals surface area (Å²) in [6, 6.07) is 6.04. The number of hydrogen-bond acceptors (Lipinski definition) is 3. The maximum Gasteiger partial charge on any atom is 0.256 e. The Kier molecular flexibility index (Phi) is 4.04. The minimum Gasteiger partial charge on any atom is -0.398 e. The van der Waals surface area contributed by atoms with Gasteiger partial charge in [-0.3, -0.25) is 4.79 Å². The van der Waals surface area contributed by atoms with Crippen LogP contribution >= 0.6 is 15.9 Å². The number of rotatable bonds is 2. The second-order valence-electron chi connectivity index (χ2n) is 4.39. The standard InChI is InChI=1S/C14H13BrFN3O/c1-7-11(16)5-9(6-12(7)17)14(20)19-13-4-3-10(15)8(2)18-13/h3-6H,17H2,1-2H3,(H,18,19,20). The van der Waals surface area contributed by atoms with Crippen molar-refractivity contribution in [1.82, 2.24) is 4.98 Å². The first-order valence-corrected chi connectivity index (χ1v) is 6.68. The molecule has 2 aromatic rings. The van der Waals surface area contributed by atoms with E-state index in [1.165, 1.54) is 6.07 Å². The number of aryl methyl sites for hydroxylation is 1. The average Bonchev–Trinajstić information content (AvgIpc) is 2.39. The molecule has 1 heterocycles. The molecule has 0 aliphatic carbocycles. The molecule has 4 nitrogen and oxygen atoms in total. The molecule has 1 aromatic carbocycles. The van der Waals surface area contributed by atoms with Crippen molar-refractivity contribution in [2.75, 3.05) is 11.1 Å². The largest absolute Gasteiger partial charge is 0.398 e. The third-order valence-electron chi connectivity index (χ3n) is 2.91. The summed E-state index contributed by atoms with van der Waals surface area (Å²) in [4.78, 5) is 16.2. The van der Waals surface area contributed by atoms with Crippen LogP contribution in [0.5, 0.6) is 0 Å². The molecule has 6 heteroatoms. The maximum absolute atomic E-state index is 13.6. The van der Waals surface area contributed by atoms with Crippen LogP contribution in [0.2, 0.25) is 0 Å². The number of carbonyl (C=O) groups is 1. The van der Waals surface area contributed by atoms with E-state index in [4.69, 9.17) is 5.73 Å². The SMILES string of the molecule is Cc1nc(NC(=O)c2cc(N)c(C)c(F)c2)ccc1Br. The number of amides is 1. The van der Waals surface area contributed by atoms with Gasteiger partial charge in [0, 0.05) is 21.3 Å². The Balaban J connectivity index is 2.26. The number of aromatic nitrogens is 1. The molecule has 0 saturated carbocycles. The van der Waals surface area contributed by atoms with Crippen LogP contribution in [0.3, 0.4) is 0 Å². The molecule has 0 atom stereocenters. The normalized spacial score (nSPS) is 10.4. The number of nitrogens with zero attached hydrogens (tertiary/aromatic N) is 1. The number of halogens is 2. The minimum atomic E-state index is -0.505. The van der Waals surface area contributed by atoms with E-state index in [2.05, 4.69) is 26.2 Å². The molecule has 0 fully saturated rings. The van der Waals surface area contributed by atoms with Gasteiger partial charge >= 0.3 is 0 Å². The monoisotopic (exact) mass is 337 g/mol. The van der Waals surface area contributed by atoms with Gasteiger partial charge in [-0.1, -0.05) is 0 Å². The van der Waals surface area contributed by atoms with Crippen molar-refractivity contribution in [2.24, 2.45) is 0 Å². The highest BCUT2D eigenvalue weighted by atomic mass is 79.9. The van der Waals surface area contributed by atoms with E-state index in [0.717, 1.165) is 16.2 Å². The molecule has 0 bridgehead atoms. The Morgan fingerprint density at radius 2 is 2.05 bits per heavy atom. The van der Waals surface area contributed by atoms with Gasteiger partial charge in [-0.25, -0.2) is 9.37 Å². The quantitative estimate of drug-likeness (QED) is 0.825. The smallest absolute Gasteiger partial charge is 0.256 e. The molecule has 1 aromatic heterocycles. The summed E-state index contributed by atoms with van der Waals surface area (Å²) < 4.78 is 14.4. The Morgan fingerprint density at radius 3 is 2.65 bits per heavy atom. The fourth-order valence-corrected chi connectivity index (χ4v) is 1.85. The fraction of sp³-hybridized carbons (Fsp3) is 0.143. The Labute approximate surface area is 124 Å². The van der Waals surface area contributed by atoms with Crippen LogP contribution in [0.1, 0.15) is 21.6 Å². The van der Waals surface area contributed by atoms with Crippen molar-refractivity contribution in [3.8, 4) is 0 Å². The van der Waals surface area contributed by atoms with Crippen LogP contribution in [-0.2, 0) is 0 Å². The number of hydrogen-bond donors (Lipinski definition) is 2. The van der Waals surface area contributed by atoms with Gasteiger partial charge in [-0.2, -0.15) is 0 Å². The molecular formula is C14H13BrFN3O. The molecule has 0 aliphatic heterocycles. The summed E-state index contributed by atoms with van der Waals surface area (Å²) in [5.41, 5.74) is 7.14. The third kappa shape index (κ3) is 2.96. The molecule has 104 valence electrons. The van der Waals surface area contributed by atoms with Gasteiger partial charge < -0.3 is 11.1 Å². The van der Waals surface area contributed by atoms with E-state index in [0.29, 0.717) is 11.4 Å². The van der Waals surface area contributed by atoms with E-state index in [1.807, 2.05) is 6.92 Å². The topological polar surface area (TPSA) is 68.0 Å². The van der Waals surface area contributed by atoms with E-state index >= 15 is 0 Å². The highest BCUT2D eigenvalue weighted by molar-refractivity contribution is 9.10. The summed E-state index contributed by atoms with van der Waals surface area (Å²) in [6.45, 7) is 3.37. The van der Waals surface area contributed by atoms with Crippen LogP contribution in [0.15, 0.2) is 28.7 Å². The molecule has 0 aliphatic rings. The summed E-state index contributed by atoms with van der Waals surface area (Å²) in [5.74, 6) is -0.560. The zero-order chi connectivity index (χ0) is 14.9. The maximum atomic E-state index is 13.6. The Bertz CT molecular complexity index is 665. The van der Waals surface area contributed by atoms with Gasteiger partial charge in [-0.05, 0) is 54.0 Å². The summed E-state index contributed by atoms with van der Waals surface area (Å²) in [6.07, 6.45) is 0. The summed E-state index contributed by atoms with van der Waals surface area (Å²) in [5, 5.41) is 2.61. The number of nitrogens with one attached hydrogen (secondary N) is 1. The molecule has 2 rings (SSSR count). The van der Waals surface area contributed by atoms with Crippen molar-refractivity contribution in [3.05, 3.63) is 51.4 Å². The highest BCUT2D eigenvalue weighted by Crippen LogP contribution is 2.20. The minimum absolute atomic E-state index is 0.160. The van der Waals surface area contributed by atoms with E-state index in [9.17, 15) is 9.18 Å². The molecule has 20 heavy (non-hydrogen) atoms. The van der Waals surface area contributed by atoms with Gasteiger partial charge in [-0.15, -0.1) is 0 Å². The van der Waals surface area contributed by atoms with Crippen LogP contribution < -0.4 is 11.1 Å². The second-order valence-corrected chi connectivity index (χ2v) is 5.24. The lowest BCUT2D eigenvalue weighted by atomic mass is 10.1. The molecule has 0 spiro atoms. The van der Waals surface area contributed by atoms with Crippen molar-refractivity contribution >= 4 is 33.3 Å². The highest BCUT2D eigenvalue weighted by Gasteiger charge is 2.12. The average molecular weight is 338 g/mol. The van der Waals surface area contributed by atoms with Gasteiger partial charge in [0.05, 0.1) is 5.69 Å². The van der Waals surface area contributed by atoms with Crippen molar-refractivity contribution < 1.29 is 9.18 Å². The lowest BCUT2D eigenvalue weighted by molar-refractivity contribution is 0.102. The van der Waals surface area contributed by atoms with Gasteiger partial charge in [0.25, 0.3) is 5.91 Å². The molecule has 0 unspecified atom stereocenters. The second kappa shape index (κ2) is 5.58. The predicted octanol–water partition coefficient (Wildman–Crippen LogP) is 3.43. The first-order valence-electron chi connectivity index (χ1n) is 5.88. The van der Waals surface area contributed by atoms with Crippen LogP contribution in [0.4, 0.5) is 15.9 Å². The zero-order valence-corrected chi connectivity index (χ0v) is 12.6. The Morgan fingerprint density at radius 1 is 1.35 bits per heavy atom. The first kappa shape index (κ1) is 14.5. The number of nitrogen functional groups attached to an aromatic ring is 1. The molecular weight excluding hydrogens is 325 g/mol. The van der Waals surface area contributed by atoms with Crippen LogP contribution in [0.25, 0.3) is 0 Å². The van der Waals surface area contributed by atoms with Crippen LogP contribution in [0, 0.1) is 19.7 Å². The molecule has 3 N–H and O–H groups in total.